The number of ether oxygens (including phenoxy) is 1. The minimum Gasteiger partial charge on any atom is -0.385 e. The smallest absolute Gasteiger partial charge is 0.238 e. The molecule has 0 bridgehead atoms. The number of nitrogens with two attached hydrogens (primary N) is 1. The Balaban J connectivity index is 2.91. The third kappa shape index (κ3) is 3.97. The van der Waals surface area contributed by atoms with Gasteiger partial charge in [0.05, 0.1) is 4.90 Å². The predicted molar refractivity (Wildman–Crippen MR) is 72.1 cm³/mol. The summed E-state index contributed by atoms with van der Waals surface area (Å²) in [6.07, 6.45) is 0.843. The highest BCUT2D eigenvalue weighted by Gasteiger charge is 2.14. The quantitative estimate of drug-likeness (QED) is 0.822. The van der Waals surface area contributed by atoms with E-state index in [4.69, 9.17) is 9.88 Å². The highest BCUT2D eigenvalue weighted by Crippen LogP contribution is 2.22. The number of rotatable bonds is 6. The largest absolute Gasteiger partial charge is 0.385 e. The number of sulfonamides is 1. The van der Waals surface area contributed by atoms with E-state index in [0.29, 0.717) is 12.2 Å². The fraction of sp³-hybridized carbons (Fsp3) is 0.500. The van der Waals surface area contributed by atoms with Crippen LogP contribution in [0, 0.1) is 6.92 Å². The molecule has 0 radical (unpaired) electrons. The van der Waals surface area contributed by atoms with E-state index >= 15 is 0 Å². The van der Waals surface area contributed by atoms with Crippen LogP contribution in [0.1, 0.15) is 18.9 Å². The number of primary sulfonamides is 1. The van der Waals surface area contributed by atoms with Crippen LogP contribution in [-0.4, -0.2) is 28.2 Å². The van der Waals surface area contributed by atoms with Gasteiger partial charge in [-0.1, -0.05) is 6.07 Å². The van der Waals surface area contributed by atoms with E-state index < -0.39 is 10.0 Å². The van der Waals surface area contributed by atoms with E-state index in [9.17, 15) is 8.42 Å². The molecule has 1 unspecified atom stereocenters. The Morgan fingerprint density at radius 1 is 1.44 bits per heavy atom. The molecule has 0 heterocycles. The van der Waals surface area contributed by atoms with Crippen LogP contribution in [0.4, 0.5) is 5.69 Å². The van der Waals surface area contributed by atoms with E-state index in [0.717, 1.165) is 12.1 Å². The molecule has 3 N–H and O–H groups in total. The van der Waals surface area contributed by atoms with Crippen molar-refractivity contribution in [3.05, 3.63) is 23.8 Å². The van der Waals surface area contributed by atoms with Crippen LogP contribution >= 0.6 is 0 Å². The van der Waals surface area contributed by atoms with Crippen LogP contribution in [0.2, 0.25) is 0 Å². The van der Waals surface area contributed by atoms with Gasteiger partial charge < -0.3 is 10.1 Å². The first kappa shape index (κ1) is 14.9. The number of hydrogen-bond acceptors (Lipinski definition) is 4. The van der Waals surface area contributed by atoms with Crippen molar-refractivity contribution < 1.29 is 13.2 Å². The average Bonchev–Trinajstić information content (AvgIpc) is 2.27. The Morgan fingerprint density at radius 2 is 2.11 bits per heavy atom. The first-order valence-electron chi connectivity index (χ1n) is 5.74. The molecular weight excluding hydrogens is 252 g/mol. The Morgan fingerprint density at radius 3 is 2.67 bits per heavy atom. The lowest BCUT2D eigenvalue weighted by Crippen LogP contribution is -2.19. The summed E-state index contributed by atoms with van der Waals surface area (Å²) >= 11 is 0. The lowest BCUT2D eigenvalue weighted by atomic mass is 10.1. The second-order valence-corrected chi connectivity index (χ2v) is 5.83. The molecule has 1 atom stereocenters. The standard InChI is InChI=1S/C12H20N2O3S/c1-9(7-8-17-3)14-11-5-4-6-12(10(11)2)18(13,15)16/h4-6,9,14H,7-8H2,1-3H3,(H2,13,15,16). The molecule has 0 amide bonds. The molecule has 0 fully saturated rings. The Kier molecular flexibility index (Phi) is 5.13. The van der Waals surface area contributed by atoms with Gasteiger partial charge in [0.25, 0.3) is 0 Å². The summed E-state index contributed by atoms with van der Waals surface area (Å²) in [6, 6.07) is 5.22. The minimum atomic E-state index is -3.67. The van der Waals surface area contributed by atoms with Gasteiger partial charge in [-0.15, -0.1) is 0 Å². The van der Waals surface area contributed by atoms with Crippen molar-refractivity contribution in [2.45, 2.75) is 31.2 Å². The maximum Gasteiger partial charge on any atom is 0.238 e. The van der Waals surface area contributed by atoms with Gasteiger partial charge in [0.15, 0.2) is 0 Å². The lowest BCUT2D eigenvalue weighted by Gasteiger charge is -2.17. The molecule has 0 spiro atoms. The molecule has 0 saturated heterocycles. The number of methoxy groups -OCH3 is 1. The average molecular weight is 272 g/mol. The highest BCUT2D eigenvalue weighted by molar-refractivity contribution is 7.89. The zero-order valence-corrected chi connectivity index (χ0v) is 11.8. The fourth-order valence-corrected chi connectivity index (χ4v) is 2.52. The Bertz CT molecular complexity index is 500. The van der Waals surface area contributed by atoms with Crippen LogP contribution in [0.5, 0.6) is 0 Å². The summed E-state index contributed by atoms with van der Waals surface area (Å²) in [5, 5.41) is 8.42. The molecular formula is C12H20N2O3S. The predicted octanol–water partition coefficient (Wildman–Crippen LogP) is 1.48. The maximum absolute atomic E-state index is 11.4. The third-order valence-electron chi connectivity index (χ3n) is 2.75. The van der Waals surface area contributed by atoms with Crippen molar-refractivity contribution in [3.63, 3.8) is 0 Å². The van der Waals surface area contributed by atoms with Gasteiger partial charge in [-0.05, 0) is 38.0 Å². The molecule has 18 heavy (non-hydrogen) atoms. The van der Waals surface area contributed by atoms with Gasteiger partial charge in [-0.3, -0.25) is 0 Å². The maximum atomic E-state index is 11.4. The molecule has 0 saturated carbocycles. The van der Waals surface area contributed by atoms with E-state index in [1.54, 1.807) is 20.1 Å². The van der Waals surface area contributed by atoms with Gasteiger partial charge in [0.2, 0.25) is 10.0 Å². The van der Waals surface area contributed by atoms with Crippen molar-refractivity contribution in [1.82, 2.24) is 0 Å². The molecule has 0 aliphatic rings. The van der Waals surface area contributed by atoms with Crippen molar-refractivity contribution >= 4 is 15.7 Å². The van der Waals surface area contributed by atoms with Crippen LogP contribution in [0.15, 0.2) is 23.1 Å². The first-order chi connectivity index (χ1) is 8.36. The van der Waals surface area contributed by atoms with Gasteiger partial charge in [0.1, 0.15) is 0 Å². The molecule has 0 aliphatic heterocycles. The number of hydrogen-bond donors (Lipinski definition) is 2. The zero-order chi connectivity index (χ0) is 13.8. The molecule has 5 nitrogen and oxygen atoms in total. The van der Waals surface area contributed by atoms with Crippen LogP contribution in [-0.2, 0) is 14.8 Å². The summed E-state index contributed by atoms with van der Waals surface area (Å²) in [5.74, 6) is 0. The monoisotopic (exact) mass is 272 g/mol. The molecule has 1 aromatic rings. The summed E-state index contributed by atoms with van der Waals surface area (Å²) in [5.41, 5.74) is 1.43. The van der Waals surface area contributed by atoms with Crippen LogP contribution < -0.4 is 10.5 Å². The molecule has 102 valence electrons. The Labute approximate surface area is 108 Å². The van der Waals surface area contributed by atoms with E-state index in [-0.39, 0.29) is 10.9 Å². The topological polar surface area (TPSA) is 81.4 Å². The zero-order valence-electron chi connectivity index (χ0n) is 10.9. The summed E-state index contributed by atoms with van der Waals surface area (Å²) in [6.45, 7) is 4.41. The van der Waals surface area contributed by atoms with E-state index in [2.05, 4.69) is 5.32 Å². The van der Waals surface area contributed by atoms with Gasteiger partial charge in [-0.2, -0.15) is 0 Å². The second kappa shape index (κ2) is 6.17. The number of benzene rings is 1. The summed E-state index contributed by atoms with van der Waals surface area (Å²) in [7, 11) is -2.02. The molecule has 0 aliphatic carbocycles. The number of nitrogens with one attached hydrogen (secondary N) is 1. The minimum absolute atomic E-state index is 0.159. The molecule has 6 heteroatoms. The van der Waals surface area contributed by atoms with Crippen molar-refractivity contribution in [1.29, 1.82) is 0 Å². The molecule has 1 rings (SSSR count). The second-order valence-electron chi connectivity index (χ2n) is 4.30. The van der Waals surface area contributed by atoms with E-state index in [1.807, 2.05) is 13.0 Å². The molecule has 0 aromatic heterocycles. The fourth-order valence-electron chi connectivity index (χ4n) is 1.71. The summed E-state index contributed by atoms with van der Waals surface area (Å²) < 4.78 is 27.8. The Hall–Kier alpha value is -1.11. The normalized spacial score (nSPS) is 13.3. The van der Waals surface area contributed by atoms with Crippen LogP contribution in [0.3, 0.4) is 0 Å². The number of anilines is 1. The SMILES string of the molecule is COCCC(C)Nc1cccc(S(N)(=O)=O)c1C. The summed E-state index contributed by atoms with van der Waals surface area (Å²) in [4.78, 5) is 0.159. The van der Waals surface area contributed by atoms with Gasteiger partial charge in [0, 0.05) is 25.4 Å². The lowest BCUT2D eigenvalue weighted by molar-refractivity contribution is 0.191. The van der Waals surface area contributed by atoms with Crippen LogP contribution in [0.25, 0.3) is 0 Å². The van der Waals surface area contributed by atoms with Crippen molar-refractivity contribution in [2.75, 3.05) is 19.0 Å². The third-order valence-corrected chi connectivity index (χ3v) is 3.80. The highest BCUT2D eigenvalue weighted by atomic mass is 32.2. The van der Waals surface area contributed by atoms with Crippen molar-refractivity contribution in [3.8, 4) is 0 Å². The van der Waals surface area contributed by atoms with Gasteiger partial charge >= 0.3 is 0 Å². The van der Waals surface area contributed by atoms with Gasteiger partial charge in [-0.25, -0.2) is 13.6 Å². The van der Waals surface area contributed by atoms with Crippen molar-refractivity contribution in [2.24, 2.45) is 5.14 Å². The molecule has 1 aromatic carbocycles. The van der Waals surface area contributed by atoms with E-state index in [1.165, 1.54) is 6.07 Å². The first-order valence-corrected chi connectivity index (χ1v) is 7.28.